The van der Waals surface area contributed by atoms with Gasteiger partial charge in [-0.25, -0.2) is 28.7 Å². The van der Waals surface area contributed by atoms with Crippen LogP contribution in [0, 0.1) is 0 Å². The number of amides is 2. The number of alkyl halides is 2. The van der Waals surface area contributed by atoms with E-state index in [0.717, 1.165) is 18.8 Å². The summed E-state index contributed by atoms with van der Waals surface area (Å²) in [6, 6.07) is 20.5. The van der Waals surface area contributed by atoms with Gasteiger partial charge in [0.1, 0.15) is 24.3 Å². The van der Waals surface area contributed by atoms with E-state index in [9.17, 15) is 18.4 Å². The van der Waals surface area contributed by atoms with Gasteiger partial charge < -0.3 is 51.2 Å². The Labute approximate surface area is 430 Å². The molecule has 2 saturated heterocycles. The van der Waals surface area contributed by atoms with E-state index in [1.165, 1.54) is 54.9 Å². The highest BCUT2D eigenvalue weighted by Gasteiger charge is 2.44. The van der Waals surface area contributed by atoms with E-state index in [4.69, 9.17) is 17.7 Å². The van der Waals surface area contributed by atoms with E-state index in [2.05, 4.69) is 76.7 Å². The van der Waals surface area contributed by atoms with Gasteiger partial charge in [-0.2, -0.15) is 10.2 Å². The van der Waals surface area contributed by atoms with Crippen molar-refractivity contribution in [2.24, 2.45) is 14.1 Å². The van der Waals surface area contributed by atoms with Crippen molar-refractivity contribution < 1.29 is 36.1 Å². The molecular weight excluding hydrogens is 959 g/mol. The molecule has 0 aliphatic carbocycles. The van der Waals surface area contributed by atoms with Gasteiger partial charge in [-0.05, 0) is 55.0 Å². The number of ether oxygens (including phenoxy) is 2. The minimum Gasteiger partial charge on any atom is -0.494 e. The first-order valence-electron chi connectivity index (χ1n) is 25.5. The smallest absolute Gasteiger partial charge is 0.282 e. The molecule has 2 fully saturated rings. The molecule has 2 aliphatic rings. The van der Waals surface area contributed by atoms with Gasteiger partial charge in [0.05, 0.1) is 85.0 Å². The fourth-order valence-electron chi connectivity index (χ4n) is 7.65. The molecule has 8 aromatic rings. The number of carbonyl (C=O) groups is 2. The lowest BCUT2D eigenvalue weighted by Gasteiger charge is -2.40. The molecule has 0 saturated carbocycles. The number of pyridine rings is 2. The predicted molar refractivity (Wildman–Crippen MR) is 272 cm³/mol. The third-order valence-electron chi connectivity index (χ3n) is 11.3. The number of hydrogen-bond acceptors (Lipinski definition) is 20. The quantitative estimate of drug-likeness (QED) is 0.0676. The lowest BCUT2D eigenvalue weighted by atomic mass is 10.1. The molecule has 74 heavy (non-hydrogen) atoms. The Balaban J connectivity index is 0.000000194. The van der Waals surface area contributed by atoms with E-state index in [1.54, 1.807) is 79.8 Å². The molecule has 26 heteroatoms. The first-order chi connectivity index (χ1) is 38.1. The van der Waals surface area contributed by atoms with Crippen LogP contribution in [-0.4, -0.2) is 132 Å². The number of aryl methyl sites for hydroxylation is 2. The summed E-state index contributed by atoms with van der Waals surface area (Å²) in [6.45, 7) is -4.20. The van der Waals surface area contributed by atoms with E-state index >= 15 is 0 Å². The van der Waals surface area contributed by atoms with Gasteiger partial charge in [0.15, 0.2) is 46.2 Å². The molecule has 2 aromatic carbocycles. The van der Waals surface area contributed by atoms with Gasteiger partial charge in [0.2, 0.25) is 0 Å². The zero-order valence-electron chi connectivity index (χ0n) is 45.9. The van der Waals surface area contributed by atoms with Crippen molar-refractivity contribution in [2.45, 2.75) is 12.3 Å². The average Bonchev–Trinajstić information content (AvgIpc) is 4.03. The molecule has 24 nitrogen and oxygen atoms in total. The number of aromatic nitrogens is 12. The van der Waals surface area contributed by atoms with Crippen molar-refractivity contribution in [1.29, 1.82) is 0 Å². The van der Waals surface area contributed by atoms with Gasteiger partial charge in [0.25, 0.3) is 17.7 Å². The largest absolute Gasteiger partial charge is 0.494 e. The summed E-state index contributed by atoms with van der Waals surface area (Å²) < 4.78 is 85.3. The maximum absolute atomic E-state index is 13.2. The maximum Gasteiger partial charge on any atom is 0.282 e. The molecule has 6 aromatic heterocycles. The Morgan fingerprint density at radius 3 is 1.43 bits per heavy atom. The van der Waals surface area contributed by atoms with Crippen molar-refractivity contribution in [2.75, 3.05) is 85.4 Å². The zero-order valence-corrected chi connectivity index (χ0v) is 39.9. The van der Waals surface area contributed by atoms with Crippen molar-refractivity contribution in [3.8, 4) is 34.3 Å². The summed E-state index contributed by atoms with van der Waals surface area (Å²) in [5, 5.41) is 40.8. The molecule has 0 unspecified atom stereocenters. The second-order valence-electron chi connectivity index (χ2n) is 16.5. The van der Waals surface area contributed by atoms with E-state index < -0.39 is 31.7 Å². The summed E-state index contributed by atoms with van der Waals surface area (Å²) in [4.78, 5) is 46.6. The number of nitrogens with zero attached hydrogens (tertiary/aromatic N) is 14. The highest BCUT2D eigenvalue weighted by molar-refractivity contribution is 6.00. The molecule has 380 valence electrons. The van der Waals surface area contributed by atoms with Crippen LogP contribution in [0.5, 0.6) is 11.5 Å². The third-order valence-corrected chi connectivity index (χ3v) is 11.3. The van der Waals surface area contributed by atoms with Crippen molar-refractivity contribution >= 4 is 69.2 Å². The number of methoxy groups -OCH3 is 2. The van der Waals surface area contributed by atoms with Crippen LogP contribution in [0.3, 0.4) is 0 Å². The Bertz CT molecular complexity index is 3520. The van der Waals surface area contributed by atoms with Gasteiger partial charge in [-0.3, -0.25) is 19.0 Å². The van der Waals surface area contributed by atoms with Crippen LogP contribution in [0.1, 0.15) is 35.6 Å². The van der Waals surface area contributed by atoms with Gasteiger partial charge in [-0.15, -0.1) is 20.4 Å². The first kappa shape index (κ1) is 42.1. The first-order valence-corrected chi connectivity index (χ1v) is 22.5. The van der Waals surface area contributed by atoms with Crippen molar-refractivity contribution in [3.63, 3.8) is 0 Å². The highest BCUT2D eigenvalue weighted by Crippen LogP contribution is 2.39. The number of nitrogens with one attached hydrogen (secondary N) is 6. The minimum absolute atomic E-state index is 0.105. The molecule has 2 aliphatic heterocycles. The molecule has 0 atom stereocenters. The number of benzene rings is 2. The summed E-state index contributed by atoms with van der Waals surface area (Å²) in [5.74, 6) is -1.68. The molecule has 0 spiro atoms. The van der Waals surface area contributed by atoms with Gasteiger partial charge >= 0.3 is 0 Å². The van der Waals surface area contributed by atoms with Gasteiger partial charge in [0, 0.05) is 61.5 Å². The van der Waals surface area contributed by atoms with Crippen LogP contribution in [0.4, 0.5) is 66.2 Å². The molecule has 2 amide bonds. The fraction of sp³-hybridized carbons (Fsp3) is 0.250. The van der Waals surface area contributed by atoms with Crippen molar-refractivity contribution in [1.82, 2.24) is 70.5 Å². The second kappa shape index (κ2) is 21.4. The van der Waals surface area contributed by atoms with E-state index in [0.29, 0.717) is 63.0 Å². The van der Waals surface area contributed by atoms with E-state index in [1.807, 2.05) is 22.8 Å². The average molecular weight is 1020 g/mol. The molecule has 8 heterocycles. The number of carbonyl (C=O) groups excluding carboxylic acids is 2. The van der Waals surface area contributed by atoms with Crippen LogP contribution in [0.25, 0.3) is 22.8 Å². The van der Waals surface area contributed by atoms with Crippen LogP contribution in [0.2, 0.25) is 0 Å². The van der Waals surface area contributed by atoms with Crippen LogP contribution in [-0.2, 0) is 14.1 Å². The van der Waals surface area contributed by atoms with Crippen molar-refractivity contribution in [3.05, 3.63) is 109 Å². The third kappa shape index (κ3) is 11.0. The molecule has 10 rings (SSSR count). The van der Waals surface area contributed by atoms with Crippen LogP contribution < -0.4 is 51.2 Å². The standard InChI is InChI=1S/C24H24F2N10O2.C24H26N10O2/c1-27-23(37)20-17(30-16-6-4-5-15(21(16)38-3)22-29-13-35(2)34-22)9-19(32-33-20)31-18-8-7-14(10-28-18)36-11-24(25,26)12-36;1-25-24(35)21-18(28-17-7-4-6-16(22(17)36-3)23-27-14-33(2)32-23)12-20(30-31-21)29-19-9-8-15(13-26-19)34-10-5-11-34/h4-10,13H,11-12H2,1-3H3,(H,27,37)(H2,28,30,31,32);4,6-9,12-14H,5,10-11H2,1-3H3,(H,25,35)(H2,26,28,29,30)/i2*1D3. The summed E-state index contributed by atoms with van der Waals surface area (Å²) in [5.41, 5.74) is 3.42. The van der Waals surface area contributed by atoms with E-state index in [-0.39, 0.29) is 47.5 Å². The fourth-order valence-corrected chi connectivity index (χ4v) is 7.65. The molecule has 0 radical (unpaired) electrons. The molecular formula is C48H50F2N20O4. The zero-order chi connectivity index (χ0) is 56.9. The Kier molecular flexibility index (Phi) is 12.2. The topological polar surface area (TPSA) is 270 Å². The summed E-state index contributed by atoms with van der Waals surface area (Å²) in [6.07, 6.45) is 7.50. The minimum atomic E-state index is -2.76. The van der Waals surface area contributed by atoms with Gasteiger partial charge in [-0.1, -0.05) is 12.1 Å². The highest BCUT2D eigenvalue weighted by atomic mass is 19.3. The molecule has 6 N–H and O–H groups in total. The Morgan fingerprint density at radius 1 is 0.595 bits per heavy atom. The summed E-state index contributed by atoms with van der Waals surface area (Å²) >= 11 is 0. The SMILES string of the molecule is [2H]C([2H])([2H])NC(=O)c1nnc(Nc2ccc(N3CC(F)(F)C3)cn2)cc1Nc1cccc(-c2ncn(C)n2)c1OC.[2H]C([2H])([2H])NC(=O)c1nnc(Nc2ccc(N3CCC3)cn2)cc1Nc1cccc(-c2ncn(C)n2)c1OC. The maximum atomic E-state index is 13.2. The molecule has 0 bridgehead atoms. The summed E-state index contributed by atoms with van der Waals surface area (Å²) in [7, 11) is 6.45. The number of anilines is 10. The Morgan fingerprint density at radius 2 is 1.07 bits per heavy atom. The number of para-hydroxylation sites is 2. The normalized spacial score (nSPS) is 14.8. The van der Waals surface area contributed by atoms with Crippen LogP contribution in [0.15, 0.2) is 97.8 Å². The van der Waals surface area contributed by atoms with Crippen LogP contribution >= 0.6 is 0 Å². The lowest BCUT2D eigenvalue weighted by Crippen LogP contribution is -2.56. The lowest BCUT2D eigenvalue weighted by molar-refractivity contribution is -0.0262. The number of hydrogen-bond donors (Lipinski definition) is 6. The number of halogens is 2. The number of rotatable bonds is 16. The predicted octanol–water partition coefficient (Wildman–Crippen LogP) is 5.71. The monoisotopic (exact) mass is 1010 g/mol. The Hall–Kier alpha value is -9.62. The second-order valence-corrected chi connectivity index (χ2v) is 16.5.